The van der Waals surface area contributed by atoms with Gasteiger partial charge in [0.15, 0.2) is 0 Å². The van der Waals surface area contributed by atoms with Crippen molar-refractivity contribution < 1.29 is 9.47 Å². The summed E-state index contributed by atoms with van der Waals surface area (Å²) in [6, 6.07) is 16.5. The van der Waals surface area contributed by atoms with Crippen molar-refractivity contribution in [2.75, 3.05) is 14.2 Å². The maximum Gasteiger partial charge on any atom is 0.118 e. The number of halogens is 1. The first-order valence-electron chi connectivity index (χ1n) is 10.6. The molecule has 0 radical (unpaired) electrons. The number of ether oxygens (including phenoxy) is 2. The Morgan fingerprint density at radius 3 is 1.65 bits per heavy atom. The van der Waals surface area contributed by atoms with Crippen molar-refractivity contribution in [2.45, 2.75) is 47.2 Å². The van der Waals surface area contributed by atoms with Crippen LogP contribution >= 0.6 is 11.6 Å². The number of allylic oxidation sites excluding steroid dienone is 5. The molecule has 166 valence electrons. The van der Waals surface area contributed by atoms with Crippen molar-refractivity contribution in [1.29, 1.82) is 0 Å². The molecule has 0 unspecified atom stereocenters. The van der Waals surface area contributed by atoms with E-state index in [0.717, 1.165) is 41.6 Å². The lowest BCUT2D eigenvalue weighted by Gasteiger charge is -2.27. The molecule has 0 fully saturated rings. The van der Waals surface area contributed by atoms with E-state index in [-0.39, 0.29) is 0 Å². The van der Waals surface area contributed by atoms with E-state index in [0.29, 0.717) is 0 Å². The molecule has 0 amide bonds. The fraction of sp³-hybridized carbons (Fsp3) is 0.333. The third-order valence-electron chi connectivity index (χ3n) is 5.32. The van der Waals surface area contributed by atoms with Gasteiger partial charge < -0.3 is 14.4 Å². The van der Waals surface area contributed by atoms with Crippen molar-refractivity contribution in [1.82, 2.24) is 4.90 Å². The van der Waals surface area contributed by atoms with Crippen molar-refractivity contribution in [3.63, 3.8) is 0 Å². The zero-order chi connectivity index (χ0) is 22.8. The normalized spacial score (nSPS) is 13.0. The molecular formula is C27H34ClNO2. The van der Waals surface area contributed by atoms with Gasteiger partial charge in [0.25, 0.3) is 0 Å². The minimum absolute atomic E-state index is 0.786. The summed E-state index contributed by atoms with van der Waals surface area (Å²) >= 11 is 6.26. The first-order chi connectivity index (χ1) is 14.9. The monoisotopic (exact) mass is 439 g/mol. The minimum Gasteiger partial charge on any atom is -0.497 e. The second-order valence-electron chi connectivity index (χ2n) is 7.58. The van der Waals surface area contributed by atoms with Gasteiger partial charge in [0, 0.05) is 23.8 Å². The molecular weight excluding hydrogens is 406 g/mol. The highest BCUT2D eigenvalue weighted by Gasteiger charge is 2.12. The molecule has 3 nitrogen and oxygen atoms in total. The lowest BCUT2D eigenvalue weighted by atomic mass is 10.1. The number of hydrogen-bond acceptors (Lipinski definition) is 3. The van der Waals surface area contributed by atoms with Crippen LogP contribution in [0.1, 0.15) is 45.2 Å². The summed E-state index contributed by atoms with van der Waals surface area (Å²) in [7, 11) is 3.38. The van der Waals surface area contributed by atoms with Gasteiger partial charge >= 0.3 is 0 Å². The minimum atomic E-state index is 0.786. The Hall–Kier alpha value is -2.65. The van der Waals surface area contributed by atoms with Crippen LogP contribution in [0.2, 0.25) is 0 Å². The predicted octanol–water partition coefficient (Wildman–Crippen LogP) is 7.48. The van der Waals surface area contributed by atoms with E-state index in [2.05, 4.69) is 62.1 Å². The molecule has 0 N–H and O–H groups in total. The Labute approximate surface area is 192 Å². The molecule has 4 heteroatoms. The van der Waals surface area contributed by atoms with Gasteiger partial charge in [-0.1, -0.05) is 48.9 Å². The summed E-state index contributed by atoms with van der Waals surface area (Å²) in [5, 5.41) is 0.821. The highest BCUT2D eigenvalue weighted by atomic mass is 35.5. The van der Waals surface area contributed by atoms with Crippen LogP contribution in [0.3, 0.4) is 0 Å². The van der Waals surface area contributed by atoms with E-state index in [1.165, 1.54) is 22.4 Å². The van der Waals surface area contributed by atoms with Crippen LogP contribution in [0.4, 0.5) is 0 Å². The van der Waals surface area contributed by atoms with E-state index in [9.17, 15) is 0 Å². The molecule has 2 rings (SSSR count). The Balaban J connectivity index is 2.41. The molecule has 2 aromatic carbocycles. The second kappa shape index (κ2) is 12.3. The molecule has 0 aromatic heterocycles. The maximum absolute atomic E-state index is 6.26. The van der Waals surface area contributed by atoms with Crippen molar-refractivity contribution in [3.8, 4) is 11.5 Å². The largest absolute Gasteiger partial charge is 0.497 e. The molecule has 0 heterocycles. The summed E-state index contributed by atoms with van der Waals surface area (Å²) in [4.78, 5) is 2.40. The average molecular weight is 440 g/mol. The van der Waals surface area contributed by atoms with Gasteiger partial charge in [-0.2, -0.15) is 0 Å². The number of nitrogens with zero attached hydrogens (tertiary/aromatic N) is 1. The molecule has 2 aromatic rings. The molecule has 0 aliphatic heterocycles. The smallest absolute Gasteiger partial charge is 0.118 e. The average Bonchev–Trinajstić information content (AvgIpc) is 2.78. The van der Waals surface area contributed by atoms with Crippen molar-refractivity contribution in [3.05, 3.63) is 93.7 Å². The highest BCUT2D eigenvalue weighted by molar-refractivity contribution is 6.29. The zero-order valence-corrected chi connectivity index (χ0v) is 20.3. The Morgan fingerprint density at radius 1 is 0.839 bits per heavy atom. The first kappa shape index (κ1) is 24.6. The van der Waals surface area contributed by atoms with Crippen LogP contribution in [0.15, 0.2) is 82.6 Å². The summed E-state index contributed by atoms with van der Waals surface area (Å²) in [6.07, 6.45) is 5.45. The molecule has 0 saturated carbocycles. The quantitative estimate of drug-likeness (QED) is 0.358. The van der Waals surface area contributed by atoms with Gasteiger partial charge in [-0.05, 0) is 79.8 Å². The number of rotatable bonds is 10. The maximum atomic E-state index is 6.26. The Morgan fingerprint density at radius 2 is 1.29 bits per heavy atom. The number of benzene rings is 2. The van der Waals surface area contributed by atoms with E-state index < -0.39 is 0 Å². The van der Waals surface area contributed by atoms with Crippen molar-refractivity contribution in [2.24, 2.45) is 0 Å². The molecule has 0 spiro atoms. The zero-order valence-electron chi connectivity index (χ0n) is 19.5. The summed E-state index contributed by atoms with van der Waals surface area (Å²) in [5.74, 6) is 1.73. The van der Waals surface area contributed by atoms with Crippen LogP contribution in [0.5, 0.6) is 11.5 Å². The van der Waals surface area contributed by atoms with E-state index >= 15 is 0 Å². The van der Waals surface area contributed by atoms with Crippen LogP contribution in [0, 0.1) is 0 Å². The van der Waals surface area contributed by atoms with E-state index in [1.54, 1.807) is 14.2 Å². The molecule has 0 saturated heterocycles. The topological polar surface area (TPSA) is 21.7 Å². The predicted molar refractivity (Wildman–Crippen MR) is 132 cm³/mol. The summed E-state index contributed by atoms with van der Waals surface area (Å²) in [6.45, 7) is 9.85. The third kappa shape index (κ3) is 7.52. The van der Waals surface area contributed by atoms with Gasteiger partial charge in [0.05, 0.1) is 14.2 Å². The fourth-order valence-corrected chi connectivity index (χ4v) is 3.38. The summed E-state index contributed by atoms with van der Waals surface area (Å²) in [5.41, 5.74) is 5.91. The fourth-order valence-electron chi connectivity index (χ4n) is 3.23. The molecule has 0 bridgehead atoms. The van der Waals surface area contributed by atoms with E-state index in [1.807, 2.05) is 31.2 Å². The Kier molecular flexibility index (Phi) is 9.74. The highest BCUT2D eigenvalue weighted by Crippen LogP contribution is 2.24. The van der Waals surface area contributed by atoms with Gasteiger partial charge in [-0.25, -0.2) is 0 Å². The second-order valence-corrected chi connectivity index (χ2v) is 8.14. The van der Waals surface area contributed by atoms with Crippen LogP contribution in [-0.4, -0.2) is 19.1 Å². The third-order valence-corrected chi connectivity index (χ3v) is 5.60. The number of methoxy groups -OCH3 is 2. The molecule has 0 aliphatic carbocycles. The molecule has 31 heavy (non-hydrogen) atoms. The van der Waals surface area contributed by atoms with Crippen molar-refractivity contribution >= 4 is 11.6 Å². The lowest BCUT2D eigenvalue weighted by Crippen LogP contribution is -2.22. The Bertz CT molecular complexity index is 871. The molecule has 0 aliphatic rings. The molecule has 0 atom stereocenters. The van der Waals surface area contributed by atoms with Crippen LogP contribution in [-0.2, 0) is 13.1 Å². The first-order valence-corrected chi connectivity index (χ1v) is 11.0. The SMILES string of the molecule is CC/C=C(/C=C(C)\C(C)=C(/C)Cl)N(Cc1ccc(OC)cc1)Cc1ccc(OC)cc1. The van der Waals surface area contributed by atoms with Crippen LogP contribution < -0.4 is 9.47 Å². The van der Waals surface area contributed by atoms with Gasteiger partial charge in [0.1, 0.15) is 11.5 Å². The van der Waals surface area contributed by atoms with Crippen LogP contribution in [0.25, 0.3) is 0 Å². The standard InChI is InChI=1S/C27H34ClNO2/c1-7-8-25(17-20(2)21(3)22(4)28)29(18-23-9-13-26(30-5)14-10-23)19-24-11-15-27(31-6)16-12-24/h8-17H,7,18-19H2,1-6H3/b20-17-,22-21+,25-8-. The van der Waals surface area contributed by atoms with Gasteiger partial charge in [-0.3, -0.25) is 0 Å². The van der Waals surface area contributed by atoms with Gasteiger partial charge in [-0.15, -0.1) is 0 Å². The van der Waals surface area contributed by atoms with Gasteiger partial charge in [0.2, 0.25) is 0 Å². The van der Waals surface area contributed by atoms with E-state index in [4.69, 9.17) is 21.1 Å². The summed E-state index contributed by atoms with van der Waals surface area (Å²) < 4.78 is 10.6. The lowest BCUT2D eigenvalue weighted by molar-refractivity contribution is 0.337. The number of hydrogen-bond donors (Lipinski definition) is 0.